The van der Waals surface area contributed by atoms with E-state index < -0.39 is 5.60 Å². The van der Waals surface area contributed by atoms with Crippen LogP contribution in [0, 0.1) is 0 Å². The zero-order valence-electron chi connectivity index (χ0n) is 13.7. The van der Waals surface area contributed by atoms with E-state index in [2.05, 4.69) is 13.8 Å². The Morgan fingerprint density at radius 2 is 1.80 bits per heavy atom. The summed E-state index contributed by atoms with van der Waals surface area (Å²) in [6.45, 7) is 10.2. The van der Waals surface area contributed by atoms with Crippen molar-refractivity contribution < 1.29 is 9.53 Å². The van der Waals surface area contributed by atoms with Gasteiger partial charge in [0, 0.05) is 13.1 Å². The van der Waals surface area contributed by atoms with E-state index in [9.17, 15) is 4.79 Å². The summed E-state index contributed by atoms with van der Waals surface area (Å²) in [5, 5.41) is 0. The van der Waals surface area contributed by atoms with Gasteiger partial charge in [0.25, 0.3) is 0 Å². The van der Waals surface area contributed by atoms with Gasteiger partial charge in [0.2, 0.25) is 0 Å². The average Bonchev–Trinajstić information content (AvgIpc) is 2.61. The number of ether oxygens (including phenoxy) is 1. The summed E-state index contributed by atoms with van der Waals surface area (Å²) in [6.07, 6.45) is 4.03. The van der Waals surface area contributed by atoms with Gasteiger partial charge in [0.15, 0.2) is 0 Å². The molecule has 0 spiro atoms. The van der Waals surface area contributed by atoms with Gasteiger partial charge in [-0.25, -0.2) is 4.79 Å². The molecule has 1 saturated carbocycles. The first-order chi connectivity index (χ1) is 9.19. The van der Waals surface area contributed by atoms with Crippen molar-refractivity contribution in [3.63, 3.8) is 0 Å². The molecule has 3 heteroatoms. The first kappa shape index (κ1) is 15.1. The van der Waals surface area contributed by atoms with Crippen molar-refractivity contribution in [3.05, 3.63) is 22.3 Å². The predicted octanol–water partition coefficient (Wildman–Crippen LogP) is 4.44. The zero-order chi connectivity index (χ0) is 15.1. The number of allylic oxidation sites excluding steroid dienone is 3. The van der Waals surface area contributed by atoms with Crippen LogP contribution in [0.15, 0.2) is 22.3 Å². The van der Waals surface area contributed by atoms with Crippen LogP contribution in [0.1, 0.15) is 60.3 Å². The first-order valence-corrected chi connectivity index (χ1v) is 7.52. The summed E-state index contributed by atoms with van der Waals surface area (Å²) < 4.78 is 5.47. The Morgan fingerprint density at radius 1 is 1.20 bits per heavy atom. The molecule has 0 aromatic heterocycles. The molecule has 112 valence electrons. The van der Waals surface area contributed by atoms with Crippen LogP contribution in [0.2, 0.25) is 0 Å². The van der Waals surface area contributed by atoms with Gasteiger partial charge in [-0.05, 0) is 71.4 Å². The number of amides is 1. The van der Waals surface area contributed by atoms with Crippen molar-refractivity contribution in [3.8, 4) is 0 Å². The molecular weight excluding hydrogens is 250 g/mol. The maximum Gasteiger partial charge on any atom is 0.410 e. The fourth-order valence-electron chi connectivity index (χ4n) is 3.25. The quantitative estimate of drug-likeness (QED) is 0.709. The molecule has 1 unspecified atom stereocenters. The van der Waals surface area contributed by atoms with Crippen LogP contribution in [-0.4, -0.2) is 29.7 Å². The minimum atomic E-state index is -0.426. The number of carbonyl (C=O) groups is 1. The highest BCUT2D eigenvalue weighted by molar-refractivity contribution is 5.68. The fraction of sp³-hybridized carbons (Fsp3) is 0.706. The molecule has 2 aliphatic carbocycles. The molecular formula is C17H27NO2. The summed E-state index contributed by atoms with van der Waals surface area (Å²) in [4.78, 5) is 14.0. The molecule has 1 amide bonds. The van der Waals surface area contributed by atoms with Gasteiger partial charge in [-0.1, -0.05) is 11.1 Å². The largest absolute Gasteiger partial charge is 0.444 e. The minimum Gasteiger partial charge on any atom is -0.444 e. The standard InChI is InChI=1S/C17H27NO2/c1-11-9-12(2)15-10-13(7-8-14(11)15)18(6)16(19)20-17(3,4)5/h13H,7-10H2,1-6H3. The molecule has 2 aliphatic rings. The van der Waals surface area contributed by atoms with E-state index in [0.717, 1.165) is 25.7 Å². The van der Waals surface area contributed by atoms with E-state index in [1.54, 1.807) is 10.5 Å². The molecule has 1 atom stereocenters. The molecule has 3 nitrogen and oxygen atoms in total. The van der Waals surface area contributed by atoms with Gasteiger partial charge in [0.1, 0.15) is 5.60 Å². The van der Waals surface area contributed by atoms with Crippen LogP contribution in [0.4, 0.5) is 4.79 Å². The van der Waals surface area contributed by atoms with Crippen molar-refractivity contribution in [1.82, 2.24) is 4.90 Å². The summed E-state index contributed by atoms with van der Waals surface area (Å²) in [6, 6.07) is 0.268. The molecule has 0 heterocycles. The Kier molecular flexibility index (Phi) is 3.99. The zero-order valence-corrected chi connectivity index (χ0v) is 13.7. The molecule has 20 heavy (non-hydrogen) atoms. The smallest absolute Gasteiger partial charge is 0.410 e. The molecule has 0 N–H and O–H groups in total. The van der Waals surface area contributed by atoms with Gasteiger partial charge in [-0.3, -0.25) is 0 Å². The van der Waals surface area contributed by atoms with E-state index >= 15 is 0 Å². The van der Waals surface area contributed by atoms with E-state index in [1.807, 2.05) is 27.8 Å². The number of hydrogen-bond donors (Lipinski definition) is 0. The second kappa shape index (κ2) is 5.27. The summed E-state index contributed by atoms with van der Waals surface area (Å²) in [7, 11) is 1.87. The molecule has 2 rings (SSSR count). The Bertz CT molecular complexity index is 480. The SMILES string of the molecule is CC1=C2CCC(N(C)C(=O)OC(C)(C)C)CC2=C(C)C1. The average molecular weight is 277 g/mol. The fourth-order valence-corrected chi connectivity index (χ4v) is 3.25. The molecule has 0 aromatic rings. The van der Waals surface area contributed by atoms with Crippen molar-refractivity contribution in [2.24, 2.45) is 0 Å². The van der Waals surface area contributed by atoms with Crippen LogP contribution in [0.5, 0.6) is 0 Å². The molecule has 0 radical (unpaired) electrons. The highest BCUT2D eigenvalue weighted by Gasteiger charge is 2.32. The monoisotopic (exact) mass is 277 g/mol. The summed E-state index contributed by atoms with van der Waals surface area (Å²) in [5.74, 6) is 0. The molecule has 0 aliphatic heterocycles. The summed E-state index contributed by atoms with van der Waals surface area (Å²) >= 11 is 0. The van der Waals surface area contributed by atoms with E-state index in [1.165, 1.54) is 16.7 Å². The molecule has 0 bridgehead atoms. The first-order valence-electron chi connectivity index (χ1n) is 7.52. The third-order valence-electron chi connectivity index (χ3n) is 4.32. The third kappa shape index (κ3) is 3.08. The van der Waals surface area contributed by atoms with Crippen molar-refractivity contribution in [2.45, 2.75) is 71.9 Å². The lowest BCUT2D eigenvalue weighted by atomic mass is 9.85. The Hall–Kier alpha value is -1.25. The van der Waals surface area contributed by atoms with Crippen LogP contribution in [0.25, 0.3) is 0 Å². The number of hydrogen-bond acceptors (Lipinski definition) is 2. The maximum absolute atomic E-state index is 12.2. The van der Waals surface area contributed by atoms with E-state index in [-0.39, 0.29) is 12.1 Å². The lowest BCUT2D eigenvalue weighted by molar-refractivity contribution is 0.0210. The predicted molar refractivity (Wildman–Crippen MR) is 81.7 cm³/mol. The second-order valence-electron chi connectivity index (χ2n) is 7.18. The van der Waals surface area contributed by atoms with Gasteiger partial charge in [-0.2, -0.15) is 0 Å². The highest BCUT2D eigenvalue weighted by atomic mass is 16.6. The molecule has 1 fully saturated rings. The number of rotatable bonds is 1. The third-order valence-corrected chi connectivity index (χ3v) is 4.32. The molecule has 0 saturated heterocycles. The van der Waals surface area contributed by atoms with Crippen molar-refractivity contribution in [2.75, 3.05) is 7.05 Å². The van der Waals surface area contributed by atoms with Crippen molar-refractivity contribution >= 4 is 6.09 Å². The topological polar surface area (TPSA) is 29.5 Å². The van der Waals surface area contributed by atoms with Crippen LogP contribution >= 0.6 is 0 Å². The normalized spacial score (nSPS) is 23.0. The summed E-state index contributed by atoms with van der Waals surface area (Å²) in [5.41, 5.74) is 5.63. The van der Waals surface area contributed by atoms with Gasteiger partial charge in [-0.15, -0.1) is 0 Å². The van der Waals surface area contributed by atoms with Crippen LogP contribution in [0.3, 0.4) is 0 Å². The van der Waals surface area contributed by atoms with E-state index in [0.29, 0.717) is 0 Å². The lowest BCUT2D eigenvalue weighted by Gasteiger charge is -2.34. The van der Waals surface area contributed by atoms with Gasteiger partial charge < -0.3 is 9.64 Å². The Morgan fingerprint density at radius 3 is 2.40 bits per heavy atom. The van der Waals surface area contributed by atoms with E-state index in [4.69, 9.17) is 4.74 Å². The Labute approximate surface area is 122 Å². The van der Waals surface area contributed by atoms with Crippen LogP contribution < -0.4 is 0 Å². The number of carbonyl (C=O) groups excluding carboxylic acids is 1. The Balaban J connectivity index is 2.05. The lowest BCUT2D eigenvalue weighted by Crippen LogP contribution is -2.42. The highest BCUT2D eigenvalue weighted by Crippen LogP contribution is 2.42. The molecule has 0 aromatic carbocycles. The second-order valence-corrected chi connectivity index (χ2v) is 7.18. The van der Waals surface area contributed by atoms with Gasteiger partial charge in [0.05, 0.1) is 0 Å². The van der Waals surface area contributed by atoms with Gasteiger partial charge >= 0.3 is 6.09 Å². The van der Waals surface area contributed by atoms with Crippen LogP contribution in [-0.2, 0) is 4.74 Å². The van der Waals surface area contributed by atoms with Crippen molar-refractivity contribution in [1.29, 1.82) is 0 Å². The number of nitrogens with zero attached hydrogens (tertiary/aromatic N) is 1. The number of fused-ring (bicyclic) bond motifs is 1. The minimum absolute atomic E-state index is 0.206. The maximum atomic E-state index is 12.2.